The van der Waals surface area contributed by atoms with Crippen LogP contribution in [-0.4, -0.2) is 24.7 Å². The van der Waals surface area contributed by atoms with Gasteiger partial charge in [0.1, 0.15) is 17.4 Å². The van der Waals surface area contributed by atoms with Crippen LogP contribution in [0, 0.1) is 11.6 Å². The first-order valence-corrected chi connectivity index (χ1v) is 7.02. The number of halogens is 2. The molecule has 0 aromatic heterocycles. The van der Waals surface area contributed by atoms with E-state index in [1.165, 1.54) is 6.07 Å². The van der Waals surface area contributed by atoms with E-state index in [4.69, 9.17) is 4.74 Å². The van der Waals surface area contributed by atoms with Crippen molar-refractivity contribution in [3.63, 3.8) is 0 Å². The van der Waals surface area contributed by atoms with E-state index in [1.54, 1.807) is 31.4 Å². The number of rotatable bonds is 6. The van der Waals surface area contributed by atoms with Crippen LogP contribution in [0.5, 0.6) is 5.75 Å². The van der Waals surface area contributed by atoms with E-state index < -0.39 is 23.6 Å². The van der Waals surface area contributed by atoms with Crippen molar-refractivity contribution >= 4 is 5.91 Å². The highest BCUT2D eigenvalue weighted by molar-refractivity contribution is 5.78. The fraction of sp³-hybridized carbons (Fsp3) is 0.235. The number of benzene rings is 2. The molecule has 1 atom stereocenters. The number of nitrogens with one attached hydrogen (secondary N) is 1. The molecule has 0 aliphatic heterocycles. The van der Waals surface area contributed by atoms with Gasteiger partial charge in [0.05, 0.1) is 19.6 Å². The number of hydrogen-bond acceptors (Lipinski definition) is 3. The Labute approximate surface area is 132 Å². The molecule has 23 heavy (non-hydrogen) atoms. The van der Waals surface area contributed by atoms with Crippen LogP contribution in [0.3, 0.4) is 0 Å². The topological polar surface area (TPSA) is 58.6 Å². The van der Waals surface area contributed by atoms with E-state index >= 15 is 0 Å². The quantitative estimate of drug-likeness (QED) is 0.859. The van der Waals surface area contributed by atoms with Crippen LogP contribution in [0.1, 0.15) is 17.2 Å². The van der Waals surface area contributed by atoms with Crippen molar-refractivity contribution in [3.8, 4) is 5.75 Å². The van der Waals surface area contributed by atoms with Crippen LogP contribution in [0.4, 0.5) is 8.78 Å². The molecule has 2 rings (SSSR count). The Kier molecular flexibility index (Phi) is 5.65. The Hall–Kier alpha value is -2.47. The van der Waals surface area contributed by atoms with E-state index in [1.807, 2.05) is 0 Å². The third-order valence-electron chi connectivity index (χ3n) is 3.36. The minimum absolute atomic E-state index is 0.00598. The minimum atomic E-state index is -0.886. The summed E-state index contributed by atoms with van der Waals surface area (Å²) in [5.41, 5.74) is 0.724. The molecule has 0 bridgehead atoms. The second-order valence-electron chi connectivity index (χ2n) is 5.01. The maximum Gasteiger partial charge on any atom is 0.224 e. The number of carbonyl (C=O) groups excluding carboxylic acids is 1. The number of carbonyl (C=O) groups is 1. The monoisotopic (exact) mass is 321 g/mol. The average molecular weight is 321 g/mol. The summed E-state index contributed by atoms with van der Waals surface area (Å²) in [5.74, 6) is -1.25. The van der Waals surface area contributed by atoms with Crippen LogP contribution in [0.2, 0.25) is 0 Å². The zero-order valence-corrected chi connectivity index (χ0v) is 12.6. The first-order valence-electron chi connectivity index (χ1n) is 7.02. The summed E-state index contributed by atoms with van der Waals surface area (Å²) in [4.78, 5) is 11.8. The summed E-state index contributed by atoms with van der Waals surface area (Å²) in [5, 5.41) is 12.5. The molecule has 0 fully saturated rings. The molecule has 122 valence electrons. The summed E-state index contributed by atoms with van der Waals surface area (Å²) in [6.45, 7) is -0.00598. The lowest BCUT2D eigenvalue weighted by Crippen LogP contribution is -2.29. The van der Waals surface area contributed by atoms with Crippen LogP contribution < -0.4 is 10.1 Å². The van der Waals surface area contributed by atoms with E-state index in [0.717, 1.165) is 12.1 Å². The Morgan fingerprint density at radius 1 is 1.22 bits per heavy atom. The van der Waals surface area contributed by atoms with Gasteiger partial charge in [-0.3, -0.25) is 4.79 Å². The van der Waals surface area contributed by atoms with Gasteiger partial charge < -0.3 is 15.2 Å². The lowest BCUT2D eigenvalue weighted by molar-refractivity contribution is -0.120. The minimum Gasteiger partial charge on any atom is -0.497 e. The van der Waals surface area contributed by atoms with Crippen molar-refractivity contribution in [1.29, 1.82) is 0 Å². The summed E-state index contributed by atoms with van der Waals surface area (Å²) in [6, 6.07) is 9.84. The number of methoxy groups -OCH3 is 1. The van der Waals surface area contributed by atoms with Crippen molar-refractivity contribution in [3.05, 3.63) is 65.2 Å². The number of aliphatic hydroxyl groups excluding tert-OH is 1. The molecule has 2 aromatic rings. The highest BCUT2D eigenvalue weighted by Gasteiger charge is 2.12. The highest BCUT2D eigenvalue weighted by atomic mass is 19.1. The lowest BCUT2D eigenvalue weighted by Gasteiger charge is -2.13. The molecule has 1 amide bonds. The van der Waals surface area contributed by atoms with Crippen molar-refractivity contribution < 1.29 is 23.4 Å². The SMILES string of the molecule is COc1ccc(C(O)CNC(=O)Cc2ccc(F)cc2F)cc1. The lowest BCUT2D eigenvalue weighted by atomic mass is 10.1. The van der Waals surface area contributed by atoms with Gasteiger partial charge in [-0.05, 0) is 29.3 Å². The van der Waals surface area contributed by atoms with Gasteiger partial charge in [-0.15, -0.1) is 0 Å². The number of ether oxygens (including phenoxy) is 1. The van der Waals surface area contributed by atoms with Crippen molar-refractivity contribution in [2.45, 2.75) is 12.5 Å². The molecule has 0 aliphatic carbocycles. The van der Waals surface area contributed by atoms with Crippen LogP contribution in [-0.2, 0) is 11.2 Å². The van der Waals surface area contributed by atoms with E-state index in [-0.39, 0.29) is 18.5 Å². The van der Waals surface area contributed by atoms with Gasteiger partial charge in [-0.2, -0.15) is 0 Å². The molecule has 0 saturated carbocycles. The molecular weight excluding hydrogens is 304 g/mol. The third kappa shape index (κ3) is 4.75. The van der Waals surface area contributed by atoms with Crippen molar-refractivity contribution in [1.82, 2.24) is 5.32 Å². The second-order valence-corrected chi connectivity index (χ2v) is 5.01. The number of hydrogen-bond donors (Lipinski definition) is 2. The third-order valence-corrected chi connectivity index (χ3v) is 3.36. The zero-order chi connectivity index (χ0) is 16.8. The molecule has 0 aliphatic rings. The average Bonchev–Trinajstić information content (AvgIpc) is 2.55. The summed E-state index contributed by atoms with van der Waals surface area (Å²) >= 11 is 0. The first kappa shape index (κ1) is 16.9. The fourth-order valence-corrected chi connectivity index (χ4v) is 2.05. The first-order chi connectivity index (χ1) is 11.0. The molecule has 0 radical (unpaired) electrons. The Morgan fingerprint density at radius 3 is 2.52 bits per heavy atom. The Balaban J connectivity index is 1.87. The van der Waals surface area contributed by atoms with Gasteiger partial charge in [-0.25, -0.2) is 8.78 Å². The van der Waals surface area contributed by atoms with Crippen LogP contribution in [0.25, 0.3) is 0 Å². The smallest absolute Gasteiger partial charge is 0.224 e. The van der Waals surface area contributed by atoms with E-state index in [2.05, 4.69) is 5.32 Å². The van der Waals surface area contributed by atoms with Gasteiger partial charge >= 0.3 is 0 Å². The molecule has 0 saturated heterocycles. The molecule has 4 nitrogen and oxygen atoms in total. The maximum absolute atomic E-state index is 13.5. The number of aliphatic hydroxyl groups is 1. The van der Waals surface area contributed by atoms with Gasteiger partial charge in [0, 0.05) is 12.6 Å². The molecule has 2 N–H and O–H groups in total. The van der Waals surface area contributed by atoms with E-state index in [9.17, 15) is 18.7 Å². The van der Waals surface area contributed by atoms with Gasteiger partial charge in [0.15, 0.2) is 0 Å². The maximum atomic E-state index is 13.5. The predicted octanol–water partition coefficient (Wildman–Crippen LogP) is 2.37. The largest absolute Gasteiger partial charge is 0.497 e. The van der Waals surface area contributed by atoms with Gasteiger partial charge in [0.25, 0.3) is 0 Å². The molecule has 6 heteroatoms. The van der Waals surface area contributed by atoms with E-state index in [0.29, 0.717) is 11.3 Å². The number of amides is 1. The Morgan fingerprint density at radius 2 is 1.91 bits per heavy atom. The molecule has 2 aromatic carbocycles. The fourth-order valence-electron chi connectivity index (χ4n) is 2.05. The van der Waals surface area contributed by atoms with Gasteiger partial charge in [-0.1, -0.05) is 18.2 Å². The summed E-state index contributed by atoms with van der Waals surface area (Å²) in [7, 11) is 1.54. The van der Waals surface area contributed by atoms with Crippen molar-refractivity contribution in [2.75, 3.05) is 13.7 Å². The zero-order valence-electron chi connectivity index (χ0n) is 12.6. The summed E-state index contributed by atoms with van der Waals surface area (Å²) in [6.07, 6.45) is -1.11. The standard InChI is InChI=1S/C17H17F2NO3/c1-23-14-6-3-11(4-7-14)16(21)10-20-17(22)8-12-2-5-13(18)9-15(12)19/h2-7,9,16,21H,8,10H2,1H3,(H,20,22). The molecule has 0 heterocycles. The highest BCUT2D eigenvalue weighted by Crippen LogP contribution is 2.17. The van der Waals surface area contributed by atoms with Crippen molar-refractivity contribution in [2.24, 2.45) is 0 Å². The van der Waals surface area contributed by atoms with Crippen LogP contribution in [0.15, 0.2) is 42.5 Å². The summed E-state index contributed by atoms with van der Waals surface area (Å²) < 4.78 is 31.3. The molecule has 1 unspecified atom stereocenters. The second kappa shape index (κ2) is 7.69. The molecule has 0 spiro atoms. The molecular formula is C17H17F2NO3. The Bertz CT molecular complexity index is 674. The normalized spacial score (nSPS) is 11.8. The van der Waals surface area contributed by atoms with Gasteiger partial charge in [0.2, 0.25) is 5.91 Å². The van der Waals surface area contributed by atoms with Crippen LogP contribution >= 0.6 is 0 Å². The predicted molar refractivity (Wildman–Crippen MR) is 81.0 cm³/mol.